The van der Waals surface area contributed by atoms with Crippen molar-refractivity contribution < 1.29 is 8.78 Å². The number of aromatic nitrogens is 3. The normalized spacial score (nSPS) is 10.6. The first-order valence-corrected chi connectivity index (χ1v) is 4.67. The van der Waals surface area contributed by atoms with Crippen molar-refractivity contribution in [3.8, 4) is 11.4 Å². The lowest BCUT2D eigenvalue weighted by Gasteiger charge is -1.95. The number of benzene rings is 1. The SMILES string of the molecule is Fc1ccc(-c2n[nH]c(CCl)n2)cc1F. The van der Waals surface area contributed by atoms with Crippen LogP contribution in [-0.4, -0.2) is 15.2 Å². The summed E-state index contributed by atoms with van der Waals surface area (Å²) >= 11 is 5.52. The molecule has 2 rings (SSSR count). The van der Waals surface area contributed by atoms with Gasteiger partial charge in [0.15, 0.2) is 17.5 Å². The third-order valence-electron chi connectivity index (χ3n) is 1.84. The number of nitrogens with zero attached hydrogens (tertiary/aromatic N) is 2. The fraction of sp³-hybridized carbons (Fsp3) is 0.111. The van der Waals surface area contributed by atoms with E-state index in [9.17, 15) is 8.78 Å². The molecule has 0 fully saturated rings. The molecule has 78 valence electrons. The molecule has 1 aromatic carbocycles. The highest BCUT2D eigenvalue weighted by atomic mass is 35.5. The van der Waals surface area contributed by atoms with Crippen LogP contribution < -0.4 is 0 Å². The maximum Gasteiger partial charge on any atom is 0.181 e. The highest BCUT2D eigenvalue weighted by molar-refractivity contribution is 6.16. The Hall–Kier alpha value is -1.49. The van der Waals surface area contributed by atoms with E-state index < -0.39 is 11.6 Å². The van der Waals surface area contributed by atoms with Gasteiger partial charge in [0, 0.05) is 5.56 Å². The number of halogens is 3. The van der Waals surface area contributed by atoms with E-state index in [2.05, 4.69) is 15.2 Å². The number of aromatic amines is 1. The standard InChI is InChI=1S/C9H6ClF2N3/c10-4-8-13-9(15-14-8)5-1-2-6(11)7(12)3-5/h1-3H,4H2,(H,13,14,15). The van der Waals surface area contributed by atoms with Gasteiger partial charge in [0.2, 0.25) is 0 Å². The Bertz CT molecular complexity index is 484. The van der Waals surface area contributed by atoms with E-state index in [1.165, 1.54) is 6.07 Å². The summed E-state index contributed by atoms with van der Waals surface area (Å²) in [7, 11) is 0. The lowest BCUT2D eigenvalue weighted by Crippen LogP contribution is -1.87. The number of alkyl halides is 1. The van der Waals surface area contributed by atoms with Crippen LogP contribution in [0.2, 0.25) is 0 Å². The first-order chi connectivity index (χ1) is 7.20. The smallest absolute Gasteiger partial charge is 0.181 e. The van der Waals surface area contributed by atoms with Crippen LogP contribution >= 0.6 is 11.6 Å². The molecule has 0 spiro atoms. The van der Waals surface area contributed by atoms with E-state index in [4.69, 9.17) is 11.6 Å². The Morgan fingerprint density at radius 3 is 2.67 bits per heavy atom. The van der Waals surface area contributed by atoms with Gasteiger partial charge >= 0.3 is 0 Å². The van der Waals surface area contributed by atoms with Gasteiger partial charge < -0.3 is 0 Å². The van der Waals surface area contributed by atoms with Crippen molar-refractivity contribution in [2.75, 3.05) is 0 Å². The highest BCUT2D eigenvalue weighted by Gasteiger charge is 2.08. The van der Waals surface area contributed by atoms with E-state index in [1.54, 1.807) is 0 Å². The molecule has 0 radical (unpaired) electrons. The fourth-order valence-corrected chi connectivity index (χ4v) is 1.24. The van der Waals surface area contributed by atoms with Gasteiger partial charge in [-0.3, -0.25) is 5.10 Å². The lowest BCUT2D eigenvalue weighted by molar-refractivity contribution is 0.509. The van der Waals surface area contributed by atoms with Crippen molar-refractivity contribution in [1.82, 2.24) is 15.2 Å². The molecule has 1 heterocycles. The molecule has 1 aromatic heterocycles. The molecular weight excluding hydrogens is 224 g/mol. The van der Waals surface area contributed by atoms with Crippen molar-refractivity contribution in [1.29, 1.82) is 0 Å². The predicted octanol–water partition coefficient (Wildman–Crippen LogP) is 2.49. The summed E-state index contributed by atoms with van der Waals surface area (Å²) in [6.45, 7) is 0. The number of hydrogen-bond donors (Lipinski definition) is 1. The quantitative estimate of drug-likeness (QED) is 0.804. The van der Waals surface area contributed by atoms with Gasteiger partial charge in [-0.1, -0.05) is 0 Å². The lowest BCUT2D eigenvalue weighted by atomic mass is 10.2. The average Bonchev–Trinajstić information content (AvgIpc) is 2.70. The molecule has 0 saturated carbocycles. The predicted molar refractivity (Wildman–Crippen MR) is 51.3 cm³/mol. The van der Waals surface area contributed by atoms with Gasteiger partial charge in [-0.05, 0) is 18.2 Å². The van der Waals surface area contributed by atoms with Crippen LogP contribution in [0.15, 0.2) is 18.2 Å². The van der Waals surface area contributed by atoms with Gasteiger partial charge in [0.1, 0.15) is 5.82 Å². The molecule has 0 saturated heterocycles. The molecule has 15 heavy (non-hydrogen) atoms. The Balaban J connectivity index is 2.40. The fourth-order valence-electron chi connectivity index (χ4n) is 1.12. The van der Waals surface area contributed by atoms with Crippen LogP contribution in [0.5, 0.6) is 0 Å². The monoisotopic (exact) mass is 229 g/mol. The van der Waals surface area contributed by atoms with Gasteiger partial charge in [-0.25, -0.2) is 13.8 Å². The third kappa shape index (κ3) is 1.97. The molecule has 2 aromatic rings. The van der Waals surface area contributed by atoms with Crippen molar-refractivity contribution in [2.45, 2.75) is 5.88 Å². The van der Waals surface area contributed by atoms with Crippen LogP contribution in [0.3, 0.4) is 0 Å². The summed E-state index contributed by atoms with van der Waals surface area (Å²) in [4.78, 5) is 3.98. The number of hydrogen-bond acceptors (Lipinski definition) is 2. The highest BCUT2D eigenvalue weighted by Crippen LogP contribution is 2.17. The summed E-state index contributed by atoms with van der Waals surface area (Å²) in [6, 6.07) is 3.47. The number of rotatable bonds is 2. The Kier molecular flexibility index (Phi) is 2.64. The molecule has 0 bridgehead atoms. The summed E-state index contributed by atoms with van der Waals surface area (Å²) in [5.74, 6) is -0.853. The zero-order valence-electron chi connectivity index (χ0n) is 7.47. The van der Waals surface area contributed by atoms with Gasteiger partial charge in [-0.2, -0.15) is 5.10 Å². The maximum absolute atomic E-state index is 12.9. The molecule has 0 aliphatic carbocycles. The number of nitrogens with one attached hydrogen (secondary N) is 1. The van der Waals surface area contributed by atoms with E-state index in [0.717, 1.165) is 12.1 Å². The summed E-state index contributed by atoms with van der Waals surface area (Å²) in [5, 5.41) is 6.40. The number of H-pyrrole nitrogens is 1. The first kappa shape index (κ1) is 10.0. The second kappa shape index (κ2) is 3.94. The van der Waals surface area contributed by atoms with Crippen molar-refractivity contribution in [2.24, 2.45) is 0 Å². The second-order valence-electron chi connectivity index (χ2n) is 2.87. The molecule has 0 unspecified atom stereocenters. The zero-order valence-corrected chi connectivity index (χ0v) is 8.22. The zero-order chi connectivity index (χ0) is 10.8. The summed E-state index contributed by atoms with van der Waals surface area (Å²) < 4.78 is 25.5. The van der Waals surface area contributed by atoms with Crippen molar-refractivity contribution in [3.05, 3.63) is 35.7 Å². The van der Waals surface area contributed by atoms with Gasteiger partial charge in [0.25, 0.3) is 0 Å². The van der Waals surface area contributed by atoms with E-state index in [0.29, 0.717) is 17.2 Å². The van der Waals surface area contributed by atoms with Crippen molar-refractivity contribution >= 4 is 11.6 Å². The largest absolute Gasteiger partial charge is 0.262 e. The minimum absolute atomic E-state index is 0.191. The van der Waals surface area contributed by atoms with Gasteiger partial charge in [0.05, 0.1) is 5.88 Å². The molecule has 0 aliphatic heterocycles. The van der Waals surface area contributed by atoms with Crippen LogP contribution in [-0.2, 0) is 5.88 Å². The van der Waals surface area contributed by atoms with Crippen LogP contribution in [0.25, 0.3) is 11.4 Å². The maximum atomic E-state index is 12.9. The molecule has 1 N–H and O–H groups in total. The molecule has 0 amide bonds. The Labute approximate surface area is 89.1 Å². The third-order valence-corrected chi connectivity index (χ3v) is 2.09. The summed E-state index contributed by atoms with van der Waals surface area (Å²) in [6.07, 6.45) is 0. The second-order valence-corrected chi connectivity index (χ2v) is 3.14. The van der Waals surface area contributed by atoms with Crippen LogP contribution in [0.4, 0.5) is 8.78 Å². The van der Waals surface area contributed by atoms with E-state index >= 15 is 0 Å². The Morgan fingerprint density at radius 2 is 2.07 bits per heavy atom. The minimum atomic E-state index is -0.926. The van der Waals surface area contributed by atoms with E-state index in [1.807, 2.05) is 0 Å². The van der Waals surface area contributed by atoms with E-state index in [-0.39, 0.29) is 5.88 Å². The van der Waals surface area contributed by atoms with Crippen LogP contribution in [0, 0.1) is 11.6 Å². The first-order valence-electron chi connectivity index (χ1n) is 4.13. The topological polar surface area (TPSA) is 41.6 Å². The molecule has 0 atom stereocenters. The summed E-state index contributed by atoms with van der Waals surface area (Å²) in [5.41, 5.74) is 0.404. The molecule has 0 aliphatic rings. The molecular formula is C9H6ClF2N3. The van der Waals surface area contributed by atoms with Gasteiger partial charge in [-0.15, -0.1) is 11.6 Å². The molecule has 3 nitrogen and oxygen atoms in total. The average molecular weight is 230 g/mol. The Morgan fingerprint density at radius 1 is 1.27 bits per heavy atom. The van der Waals surface area contributed by atoms with Crippen LogP contribution in [0.1, 0.15) is 5.82 Å². The molecule has 6 heteroatoms. The van der Waals surface area contributed by atoms with Crippen molar-refractivity contribution in [3.63, 3.8) is 0 Å². The minimum Gasteiger partial charge on any atom is -0.262 e.